The normalized spacial score (nSPS) is 15.2. The monoisotopic (exact) mass is 280 g/mol. The number of aryl methyl sites for hydroxylation is 1. The molecule has 1 aliphatic rings. The van der Waals surface area contributed by atoms with Crippen LogP contribution in [0.15, 0.2) is 10.5 Å². The highest BCUT2D eigenvalue weighted by Gasteiger charge is 2.25. The Morgan fingerprint density at radius 1 is 1.45 bits per heavy atom. The van der Waals surface area contributed by atoms with Crippen LogP contribution in [0.25, 0.3) is 0 Å². The summed E-state index contributed by atoms with van der Waals surface area (Å²) in [6, 6.07) is 2.92. The van der Waals surface area contributed by atoms with Crippen molar-refractivity contribution in [3.63, 3.8) is 0 Å². The molecule has 0 aliphatic heterocycles. The lowest BCUT2D eigenvalue weighted by Gasteiger charge is -2.15. The second-order valence-corrected chi connectivity index (χ2v) is 5.74. The Balaban J connectivity index is 1.66. The molecule has 0 radical (unpaired) electrons. The molecule has 4 heteroatoms. The van der Waals surface area contributed by atoms with Crippen molar-refractivity contribution in [1.29, 1.82) is 0 Å². The molecular weight excluding hydrogens is 252 g/mol. The zero-order valence-electron chi connectivity index (χ0n) is 13.1. The van der Waals surface area contributed by atoms with E-state index in [0.29, 0.717) is 6.61 Å². The molecule has 0 bridgehead atoms. The number of nitrogens with one attached hydrogen (secondary N) is 1. The molecule has 0 unspecified atom stereocenters. The number of hydrogen-bond acceptors (Lipinski definition) is 4. The number of ether oxygens (including phenoxy) is 1. The van der Waals surface area contributed by atoms with Gasteiger partial charge in [0.05, 0.1) is 19.8 Å². The largest absolute Gasteiger partial charge is 0.465 e. The predicted molar refractivity (Wildman–Crippen MR) is 80.8 cm³/mol. The van der Waals surface area contributed by atoms with Gasteiger partial charge in [-0.3, -0.25) is 0 Å². The molecule has 1 N–H and O–H groups in total. The fourth-order valence-corrected chi connectivity index (χ4v) is 2.29. The highest BCUT2D eigenvalue weighted by atomic mass is 16.5. The molecule has 0 amide bonds. The molecule has 114 valence electrons. The van der Waals surface area contributed by atoms with E-state index < -0.39 is 0 Å². The highest BCUT2D eigenvalue weighted by Crippen LogP contribution is 2.24. The first kappa shape index (κ1) is 15.5. The minimum absolute atomic E-state index is 0.654. The fraction of sp³-hybridized carbons (Fsp3) is 0.750. The van der Waals surface area contributed by atoms with Gasteiger partial charge in [-0.2, -0.15) is 0 Å². The molecule has 1 saturated carbocycles. The van der Waals surface area contributed by atoms with Gasteiger partial charge >= 0.3 is 0 Å². The van der Waals surface area contributed by atoms with Gasteiger partial charge in [-0.15, -0.1) is 0 Å². The summed E-state index contributed by atoms with van der Waals surface area (Å²) < 4.78 is 11.5. The van der Waals surface area contributed by atoms with Gasteiger partial charge in [0, 0.05) is 18.2 Å². The summed E-state index contributed by atoms with van der Waals surface area (Å²) in [7, 11) is 2.18. The maximum Gasteiger partial charge on any atom is 0.118 e. The first-order valence-electron chi connectivity index (χ1n) is 7.77. The van der Waals surface area contributed by atoms with Crippen LogP contribution < -0.4 is 5.32 Å². The standard InChI is InChI=1S/C16H28N2O2/c1-4-7-17-11-16-10-14(13(2)20-16)12-19-9-8-18(3)15-5-6-15/h10,15,17H,4-9,11-12H2,1-3H3. The SMILES string of the molecule is CCCNCc1cc(COCCN(C)C2CC2)c(C)o1. The van der Waals surface area contributed by atoms with Gasteiger partial charge in [0.25, 0.3) is 0 Å². The molecule has 1 aliphatic carbocycles. The number of furan rings is 1. The van der Waals surface area contributed by atoms with Gasteiger partial charge in [0.2, 0.25) is 0 Å². The molecule has 2 rings (SSSR count). The molecule has 1 aromatic heterocycles. The van der Waals surface area contributed by atoms with Crippen LogP contribution in [-0.2, 0) is 17.9 Å². The topological polar surface area (TPSA) is 37.6 Å². The van der Waals surface area contributed by atoms with E-state index in [0.717, 1.165) is 50.2 Å². The van der Waals surface area contributed by atoms with Gasteiger partial charge in [-0.1, -0.05) is 6.92 Å². The van der Waals surface area contributed by atoms with E-state index >= 15 is 0 Å². The summed E-state index contributed by atoms with van der Waals surface area (Å²) in [6.07, 6.45) is 3.85. The number of likely N-dealkylation sites (N-methyl/N-ethyl adjacent to an activating group) is 1. The third kappa shape index (κ3) is 4.93. The van der Waals surface area contributed by atoms with E-state index in [1.54, 1.807) is 0 Å². The Labute approximate surface area is 122 Å². The molecule has 1 aromatic rings. The number of hydrogen-bond donors (Lipinski definition) is 1. The van der Waals surface area contributed by atoms with Crippen molar-refractivity contribution in [2.45, 2.75) is 52.3 Å². The van der Waals surface area contributed by atoms with Crippen LogP contribution in [-0.4, -0.2) is 37.7 Å². The van der Waals surface area contributed by atoms with Gasteiger partial charge < -0.3 is 19.4 Å². The lowest BCUT2D eigenvalue weighted by molar-refractivity contribution is 0.0971. The zero-order valence-corrected chi connectivity index (χ0v) is 13.1. The average Bonchev–Trinajstić information content (AvgIpc) is 3.21. The van der Waals surface area contributed by atoms with E-state index in [4.69, 9.17) is 9.15 Å². The van der Waals surface area contributed by atoms with E-state index in [1.807, 2.05) is 6.92 Å². The van der Waals surface area contributed by atoms with Crippen molar-refractivity contribution < 1.29 is 9.15 Å². The Morgan fingerprint density at radius 3 is 2.95 bits per heavy atom. The predicted octanol–water partition coefficient (Wildman–Crippen LogP) is 2.70. The van der Waals surface area contributed by atoms with E-state index in [9.17, 15) is 0 Å². The number of rotatable bonds is 10. The van der Waals surface area contributed by atoms with Crippen molar-refractivity contribution in [1.82, 2.24) is 10.2 Å². The van der Waals surface area contributed by atoms with E-state index in [1.165, 1.54) is 18.4 Å². The quantitative estimate of drug-likeness (QED) is 0.669. The zero-order chi connectivity index (χ0) is 14.4. The molecular formula is C16H28N2O2. The summed E-state index contributed by atoms with van der Waals surface area (Å²) in [4.78, 5) is 2.39. The van der Waals surface area contributed by atoms with Gasteiger partial charge in [-0.05, 0) is 45.8 Å². The van der Waals surface area contributed by atoms with E-state index in [-0.39, 0.29) is 0 Å². The van der Waals surface area contributed by atoms with Crippen LogP contribution >= 0.6 is 0 Å². The minimum atomic E-state index is 0.654. The first-order chi connectivity index (χ1) is 9.70. The molecule has 0 aromatic carbocycles. The van der Waals surface area contributed by atoms with Crippen molar-refractivity contribution in [2.75, 3.05) is 26.7 Å². The highest BCUT2D eigenvalue weighted by molar-refractivity contribution is 5.19. The Morgan fingerprint density at radius 2 is 2.25 bits per heavy atom. The van der Waals surface area contributed by atoms with Crippen LogP contribution in [0.2, 0.25) is 0 Å². The smallest absolute Gasteiger partial charge is 0.118 e. The van der Waals surface area contributed by atoms with Crippen molar-refractivity contribution in [3.8, 4) is 0 Å². The second kappa shape index (κ2) is 7.81. The minimum Gasteiger partial charge on any atom is -0.465 e. The van der Waals surface area contributed by atoms with Gasteiger partial charge in [0.1, 0.15) is 11.5 Å². The van der Waals surface area contributed by atoms with Crippen LogP contribution in [0.1, 0.15) is 43.3 Å². The van der Waals surface area contributed by atoms with Gasteiger partial charge in [0.15, 0.2) is 0 Å². The first-order valence-corrected chi connectivity index (χ1v) is 7.77. The van der Waals surface area contributed by atoms with Crippen LogP contribution in [0.4, 0.5) is 0 Å². The van der Waals surface area contributed by atoms with E-state index in [2.05, 4.69) is 30.3 Å². The van der Waals surface area contributed by atoms with Gasteiger partial charge in [-0.25, -0.2) is 0 Å². The average molecular weight is 280 g/mol. The molecule has 1 heterocycles. The maximum absolute atomic E-state index is 5.77. The number of nitrogens with zero attached hydrogens (tertiary/aromatic N) is 1. The molecule has 0 saturated heterocycles. The van der Waals surface area contributed by atoms with Crippen LogP contribution in [0.5, 0.6) is 0 Å². The Kier molecular flexibility index (Phi) is 6.07. The summed E-state index contributed by atoms with van der Waals surface area (Å²) in [5.74, 6) is 1.98. The third-order valence-electron chi connectivity index (χ3n) is 3.81. The van der Waals surface area contributed by atoms with Crippen LogP contribution in [0, 0.1) is 6.92 Å². The van der Waals surface area contributed by atoms with Crippen LogP contribution in [0.3, 0.4) is 0 Å². The lowest BCUT2D eigenvalue weighted by Crippen LogP contribution is -2.25. The molecule has 4 nitrogen and oxygen atoms in total. The summed E-state index contributed by atoms with van der Waals surface area (Å²) in [6.45, 7) is 8.48. The molecule has 1 fully saturated rings. The Bertz CT molecular complexity index is 399. The Hall–Kier alpha value is -0.840. The summed E-state index contributed by atoms with van der Waals surface area (Å²) >= 11 is 0. The molecule has 20 heavy (non-hydrogen) atoms. The lowest BCUT2D eigenvalue weighted by atomic mass is 10.2. The second-order valence-electron chi connectivity index (χ2n) is 5.74. The fourth-order valence-electron chi connectivity index (χ4n) is 2.29. The molecule has 0 spiro atoms. The van der Waals surface area contributed by atoms with Crippen molar-refractivity contribution in [3.05, 3.63) is 23.2 Å². The molecule has 0 atom stereocenters. The maximum atomic E-state index is 5.77. The summed E-state index contributed by atoms with van der Waals surface area (Å²) in [5.41, 5.74) is 1.17. The van der Waals surface area contributed by atoms with Crippen molar-refractivity contribution in [2.24, 2.45) is 0 Å². The summed E-state index contributed by atoms with van der Waals surface area (Å²) in [5, 5.41) is 3.35. The van der Waals surface area contributed by atoms with Crippen molar-refractivity contribution >= 4 is 0 Å². The third-order valence-corrected chi connectivity index (χ3v) is 3.81.